The number of hydrogen-bond donors (Lipinski definition) is 2. The van der Waals surface area contributed by atoms with Crippen LogP contribution in [-0.4, -0.2) is 29.2 Å². The lowest BCUT2D eigenvalue weighted by molar-refractivity contribution is -0.119. The second-order valence-corrected chi connectivity index (χ2v) is 1.18. The molecule has 0 aromatic rings. The molecule has 0 bridgehead atoms. The molecule has 8 heavy (non-hydrogen) atoms. The minimum absolute atomic E-state index is 0.190. The van der Waals surface area contributed by atoms with Gasteiger partial charge in [0.2, 0.25) is 0 Å². The van der Waals surface area contributed by atoms with E-state index in [0.29, 0.717) is 0 Å². The molecule has 0 atom stereocenters. The smallest absolute Gasteiger partial charge is 0.155 e. The Kier molecular flexibility index (Phi) is 12.9. The number of carbonyl (C=O) groups is 1. The summed E-state index contributed by atoms with van der Waals surface area (Å²) in [4.78, 5) is 9.56. The third kappa shape index (κ3) is 46.6. The van der Waals surface area contributed by atoms with E-state index in [-0.39, 0.29) is 19.0 Å². The zero-order valence-electron chi connectivity index (χ0n) is 5.22. The van der Waals surface area contributed by atoms with Gasteiger partial charge in [-0.2, -0.15) is 0 Å². The van der Waals surface area contributed by atoms with Gasteiger partial charge in [0.05, 0.1) is 0 Å². The lowest BCUT2D eigenvalue weighted by atomic mass is 10.5. The van der Waals surface area contributed by atoms with Crippen molar-refractivity contribution in [1.29, 1.82) is 0 Å². The monoisotopic (exact) mass is 120 g/mol. The summed E-state index contributed by atoms with van der Waals surface area (Å²) in [7, 11) is 0. The Hall–Kier alpha value is -0.410. The van der Waals surface area contributed by atoms with Crippen molar-refractivity contribution in [3.05, 3.63) is 0 Å². The van der Waals surface area contributed by atoms with E-state index in [1.807, 2.05) is 0 Å². The average molecular weight is 120 g/mol. The Bertz CT molecular complexity index is 51.6. The number of rotatable bonds is 1. The van der Waals surface area contributed by atoms with Crippen LogP contribution in [0.15, 0.2) is 0 Å². The normalized spacial score (nSPS) is 7.00. The zero-order valence-corrected chi connectivity index (χ0v) is 5.22. The number of ketones is 1. The van der Waals surface area contributed by atoms with E-state index < -0.39 is 0 Å². The molecule has 2 N–H and O–H groups in total. The molecule has 0 aliphatic carbocycles. The highest BCUT2D eigenvalue weighted by Gasteiger charge is 1.78. The van der Waals surface area contributed by atoms with Crippen molar-refractivity contribution in [1.82, 2.24) is 0 Å². The maximum Gasteiger partial charge on any atom is 0.155 e. The van der Waals surface area contributed by atoms with E-state index in [1.54, 1.807) is 6.92 Å². The highest BCUT2D eigenvalue weighted by atomic mass is 16.3. The Morgan fingerprint density at radius 1 is 1.50 bits per heavy atom. The molecule has 0 rings (SSSR count). The molecule has 0 amide bonds. The fourth-order valence-corrected chi connectivity index (χ4v) is 0. The first-order valence-corrected chi connectivity index (χ1v) is 2.40. The van der Waals surface area contributed by atoms with Gasteiger partial charge >= 0.3 is 0 Å². The number of hydrogen-bond acceptors (Lipinski definition) is 3. The summed E-state index contributed by atoms with van der Waals surface area (Å²) in [6.07, 6.45) is 0. The molecule has 0 spiro atoms. The molecule has 0 aliphatic rings. The van der Waals surface area contributed by atoms with Gasteiger partial charge in [-0.3, -0.25) is 4.79 Å². The molecule has 0 radical (unpaired) electrons. The van der Waals surface area contributed by atoms with Crippen LogP contribution in [0.5, 0.6) is 0 Å². The number of aliphatic hydroxyl groups is 2. The van der Waals surface area contributed by atoms with Crippen LogP contribution in [0.3, 0.4) is 0 Å². The van der Waals surface area contributed by atoms with E-state index in [0.717, 1.165) is 0 Å². The third-order valence-corrected chi connectivity index (χ3v) is 0.223. The zero-order chi connectivity index (χ0) is 6.99. The summed E-state index contributed by atoms with van der Waals surface area (Å²) < 4.78 is 0. The first-order valence-electron chi connectivity index (χ1n) is 2.40. The summed E-state index contributed by atoms with van der Waals surface area (Å²) in [5.74, 6) is -0.190. The van der Waals surface area contributed by atoms with Crippen molar-refractivity contribution >= 4 is 5.78 Å². The van der Waals surface area contributed by atoms with E-state index in [9.17, 15) is 4.79 Å². The second-order valence-electron chi connectivity index (χ2n) is 1.18. The summed E-state index contributed by atoms with van der Waals surface area (Å²) in [5, 5.41) is 15.4. The number of carbonyl (C=O) groups excluding carboxylic acids is 1. The van der Waals surface area contributed by atoms with Crippen LogP contribution in [0.4, 0.5) is 0 Å². The molecule has 0 saturated heterocycles. The van der Waals surface area contributed by atoms with Gasteiger partial charge in [0, 0.05) is 6.61 Å². The van der Waals surface area contributed by atoms with Crippen LogP contribution in [0, 0.1) is 0 Å². The molecule has 50 valence electrons. The SMILES string of the molecule is CC(=O)CO.CCO. The van der Waals surface area contributed by atoms with Gasteiger partial charge in [-0.15, -0.1) is 0 Å². The summed E-state index contributed by atoms with van der Waals surface area (Å²) >= 11 is 0. The van der Waals surface area contributed by atoms with E-state index in [4.69, 9.17) is 10.2 Å². The van der Waals surface area contributed by atoms with Crippen LogP contribution in [-0.2, 0) is 4.79 Å². The van der Waals surface area contributed by atoms with Crippen LogP contribution in [0.2, 0.25) is 0 Å². The van der Waals surface area contributed by atoms with Crippen molar-refractivity contribution in [2.45, 2.75) is 13.8 Å². The van der Waals surface area contributed by atoms with Crippen molar-refractivity contribution < 1.29 is 15.0 Å². The van der Waals surface area contributed by atoms with Gasteiger partial charge in [0.1, 0.15) is 6.61 Å². The van der Waals surface area contributed by atoms with Crippen molar-refractivity contribution in [2.75, 3.05) is 13.2 Å². The minimum Gasteiger partial charge on any atom is -0.397 e. The van der Waals surface area contributed by atoms with E-state index in [1.165, 1.54) is 6.92 Å². The molecule has 0 saturated carbocycles. The van der Waals surface area contributed by atoms with Gasteiger partial charge < -0.3 is 10.2 Å². The molecular weight excluding hydrogens is 108 g/mol. The third-order valence-electron chi connectivity index (χ3n) is 0.223. The number of Topliss-reactive ketones (excluding diaryl/α,β-unsaturated/α-hetero) is 1. The fraction of sp³-hybridized carbons (Fsp3) is 0.800. The van der Waals surface area contributed by atoms with Crippen molar-refractivity contribution in [3.8, 4) is 0 Å². The molecule has 0 aromatic heterocycles. The van der Waals surface area contributed by atoms with Crippen LogP contribution in [0.1, 0.15) is 13.8 Å². The predicted octanol–water partition coefficient (Wildman–Crippen LogP) is -0.434. The maximum atomic E-state index is 9.56. The van der Waals surface area contributed by atoms with Crippen LogP contribution in [0.25, 0.3) is 0 Å². The highest BCUT2D eigenvalue weighted by Crippen LogP contribution is 1.55. The van der Waals surface area contributed by atoms with Gasteiger partial charge in [0.15, 0.2) is 5.78 Å². The fourth-order valence-electron chi connectivity index (χ4n) is 0. The number of aliphatic hydroxyl groups excluding tert-OH is 2. The van der Waals surface area contributed by atoms with Gasteiger partial charge in [0.25, 0.3) is 0 Å². The topological polar surface area (TPSA) is 57.5 Å². The van der Waals surface area contributed by atoms with Crippen LogP contribution >= 0.6 is 0 Å². The molecular formula is C5H12O3. The van der Waals surface area contributed by atoms with Crippen LogP contribution < -0.4 is 0 Å². The molecule has 3 heteroatoms. The minimum atomic E-state index is -0.333. The second kappa shape index (κ2) is 9.77. The average Bonchev–Trinajstić information content (AvgIpc) is 1.69. The highest BCUT2D eigenvalue weighted by molar-refractivity contribution is 5.76. The first kappa shape index (κ1) is 10.5. The maximum absolute atomic E-state index is 9.56. The summed E-state index contributed by atoms with van der Waals surface area (Å²) in [6.45, 7) is 2.93. The molecule has 0 fully saturated rings. The molecule has 0 aliphatic heterocycles. The van der Waals surface area contributed by atoms with E-state index >= 15 is 0 Å². The Labute approximate surface area is 49.0 Å². The van der Waals surface area contributed by atoms with Gasteiger partial charge in [-0.1, -0.05) is 0 Å². The standard InChI is InChI=1S/C3H6O2.C2H6O/c1-3(5)2-4;1-2-3/h4H,2H2,1H3;3H,2H2,1H3. The summed E-state index contributed by atoms with van der Waals surface area (Å²) in [6, 6.07) is 0. The lowest BCUT2D eigenvalue weighted by Gasteiger charge is -1.72. The molecule has 0 aromatic carbocycles. The van der Waals surface area contributed by atoms with Gasteiger partial charge in [-0.25, -0.2) is 0 Å². The Morgan fingerprint density at radius 3 is 1.62 bits per heavy atom. The molecule has 0 heterocycles. The van der Waals surface area contributed by atoms with Crippen molar-refractivity contribution in [3.63, 3.8) is 0 Å². The Balaban J connectivity index is 0. The summed E-state index contributed by atoms with van der Waals surface area (Å²) in [5.41, 5.74) is 0. The lowest BCUT2D eigenvalue weighted by Crippen LogP contribution is -1.93. The quantitative estimate of drug-likeness (QED) is 0.493. The van der Waals surface area contributed by atoms with Gasteiger partial charge in [-0.05, 0) is 13.8 Å². The molecule has 0 unspecified atom stereocenters. The van der Waals surface area contributed by atoms with Crippen molar-refractivity contribution in [2.24, 2.45) is 0 Å². The predicted molar refractivity (Wildman–Crippen MR) is 30.5 cm³/mol. The largest absolute Gasteiger partial charge is 0.397 e. The Morgan fingerprint density at radius 2 is 1.62 bits per heavy atom. The molecule has 3 nitrogen and oxygen atoms in total. The first-order chi connectivity index (χ1) is 3.68. The van der Waals surface area contributed by atoms with E-state index in [2.05, 4.69) is 0 Å².